The number of hydrogen-bond donors (Lipinski definition) is 1. The lowest BCUT2D eigenvalue weighted by molar-refractivity contribution is -0.116. The lowest BCUT2D eigenvalue weighted by Crippen LogP contribution is -2.37. The van der Waals surface area contributed by atoms with Crippen LogP contribution in [0.25, 0.3) is 10.2 Å². The Bertz CT molecular complexity index is 1370. The van der Waals surface area contributed by atoms with Crippen LogP contribution in [0.1, 0.15) is 16.1 Å². The van der Waals surface area contributed by atoms with Crippen molar-refractivity contribution in [2.45, 2.75) is 25.3 Å². The van der Waals surface area contributed by atoms with Crippen LogP contribution in [0.15, 0.2) is 71.8 Å². The van der Waals surface area contributed by atoms with E-state index in [4.69, 9.17) is 0 Å². The Balaban J connectivity index is 1.65. The molecule has 0 saturated carbocycles. The maximum atomic E-state index is 13.6. The minimum atomic E-state index is -3.95. The molecule has 0 aliphatic heterocycles. The Labute approximate surface area is 190 Å². The molecule has 2 heterocycles. The third-order valence-electron chi connectivity index (χ3n) is 4.89. The number of thiazole rings is 1. The minimum absolute atomic E-state index is 0.0670. The molecule has 164 valence electrons. The van der Waals surface area contributed by atoms with Crippen LogP contribution in [0.4, 0.5) is 5.82 Å². The second-order valence-corrected chi connectivity index (χ2v) is 10.5. The van der Waals surface area contributed by atoms with E-state index in [1.165, 1.54) is 21.7 Å². The fourth-order valence-corrected chi connectivity index (χ4v) is 5.64. The number of hydrogen-bond acceptors (Lipinski definition) is 6. The molecule has 7 nitrogen and oxygen atoms in total. The van der Waals surface area contributed by atoms with Crippen molar-refractivity contribution in [1.29, 1.82) is 0 Å². The molecule has 32 heavy (non-hydrogen) atoms. The predicted octanol–water partition coefficient (Wildman–Crippen LogP) is 4.14. The smallest absolute Gasteiger partial charge is 0.243 e. The minimum Gasteiger partial charge on any atom is -0.309 e. The van der Waals surface area contributed by atoms with Gasteiger partial charge in [-0.2, -0.15) is 4.31 Å². The standard InChI is InChI=1S/C23H22N4O3S2/c1-16-7-6-12-24-23(16)26-22(28)15-27(14-18-8-4-3-5-9-18)32(29,30)19-10-11-20-21(13-19)31-17(2)25-20/h3-13H,14-15H2,1-2H3,(H,24,26,28). The molecule has 2 aromatic heterocycles. The summed E-state index contributed by atoms with van der Waals surface area (Å²) in [5.74, 6) is -0.0443. The van der Waals surface area contributed by atoms with Gasteiger partial charge in [-0.05, 0) is 49.2 Å². The third-order valence-corrected chi connectivity index (χ3v) is 7.61. The molecule has 0 aliphatic rings. The number of aryl methyl sites for hydroxylation is 2. The van der Waals surface area contributed by atoms with Gasteiger partial charge >= 0.3 is 0 Å². The van der Waals surface area contributed by atoms with E-state index in [0.717, 1.165) is 26.4 Å². The van der Waals surface area contributed by atoms with Gasteiger partial charge in [0.05, 0.1) is 26.7 Å². The number of nitrogens with zero attached hydrogens (tertiary/aromatic N) is 3. The molecule has 0 radical (unpaired) electrons. The van der Waals surface area contributed by atoms with Gasteiger partial charge in [-0.3, -0.25) is 4.79 Å². The fourth-order valence-electron chi connectivity index (χ4n) is 3.29. The summed E-state index contributed by atoms with van der Waals surface area (Å²) in [7, 11) is -3.95. The van der Waals surface area contributed by atoms with E-state index in [0.29, 0.717) is 5.82 Å². The highest BCUT2D eigenvalue weighted by molar-refractivity contribution is 7.89. The van der Waals surface area contributed by atoms with Crippen LogP contribution >= 0.6 is 11.3 Å². The molecular weight excluding hydrogens is 444 g/mol. The van der Waals surface area contributed by atoms with Crippen LogP contribution in [0.5, 0.6) is 0 Å². The van der Waals surface area contributed by atoms with Gasteiger partial charge in [-0.15, -0.1) is 11.3 Å². The molecule has 0 unspecified atom stereocenters. The average Bonchev–Trinajstić information content (AvgIpc) is 3.15. The maximum absolute atomic E-state index is 13.6. The number of pyridine rings is 1. The van der Waals surface area contributed by atoms with Gasteiger partial charge in [0.2, 0.25) is 15.9 Å². The Morgan fingerprint density at radius 1 is 1.06 bits per heavy atom. The summed E-state index contributed by atoms with van der Waals surface area (Å²) >= 11 is 1.43. The van der Waals surface area contributed by atoms with E-state index < -0.39 is 15.9 Å². The Morgan fingerprint density at radius 3 is 2.59 bits per heavy atom. The second-order valence-electron chi connectivity index (χ2n) is 7.34. The molecule has 4 rings (SSSR count). The number of carbonyl (C=O) groups is 1. The fraction of sp³-hybridized carbons (Fsp3) is 0.174. The van der Waals surface area contributed by atoms with Gasteiger partial charge in [0.15, 0.2) is 0 Å². The molecule has 9 heteroatoms. The molecule has 2 aromatic carbocycles. The number of amides is 1. The summed E-state index contributed by atoms with van der Waals surface area (Å²) in [6.07, 6.45) is 1.58. The van der Waals surface area contributed by atoms with E-state index >= 15 is 0 Å². The van der Waals surface area contributed by atoms with Crippen molar-refractivity contribution >= 4 is 43.3 Å². The predicted molar refractivity (Wildman–Crippen MR) is 126 cm³/mol. The monoisotopic (exact) mass is 466 g/mol. The van der Waals surface area contributed by atoms with E-state index in [-0.39, 0.29) is 18.0 Å². The van der Waals surface area contributed by atoms with Crippen molar-refractivity contribution in [2.75, 3.05) is 11.9 Å². The maximum Gasteiger partial charge on any atom is 0.243 e. The number of sulfonamides is 1. The van der Waals surface area contributed by atoms with Crippen molar-refractivity contribution in [3.8, 4) is 0 Å². The third kappa shape index (κ3) is 4.85. The lowest BCUT2D eigenvalue weighted by atomic mass is 10.2. The summed E-state index contributed by atoms with van der Waals surface area (Å²) in [6, 6.07) is 17.7. The number of anilines is 1. The van der Waals surface area contributed by atoms with Crippen molar-refractivity contribution in [2.24, 2.45) is 0 Å². The van der Waals surface area contributed by atoms with Crippen LogP contribution in [0, 0.1) is 13.8 Å². The van der Waals surface area contributed by atoms with E-state index in [1.54, 1.807) is 24.4 Å². The Morgan fingerprint density at radius 2 is 1.84 bits per heavy atom. The Hall–Kier alpha value is -3.14. The van der Waals surface area contributed by atoms with Gasteiger partial charge < -0.3 is 5.32 Å². The van der Waals surface area contributed by atoms with Crippen molar-refractivity contribution in [3.05, 3.63) is 83.0 Å². The summed E-state index contributed by atoms with van der Waals surface area (Å²) in [5.41, 5.74) is 2.33. The van der Waals surface area contributed by atoms with Gasteiger partial charge in [-0.25, -0.2) is 18.4 Å². The highest BCUT2D eigenvalue weighted by Gasteiger charge is 2.28. The van der Waals surface area contributed by atoms with E-state index in [1.807, 2.05) is 50.2 Å². The number of nitrogens with one attached hydrogen (secondary N) is 1. The van der Waals surface area contributed by atoms with Crippen LogP contribution in [-0.4, -0.2) is 35.1 Å². The summed E-state index contributed by atoms with van der Waals surface area (Å²) in [6.45, 7) is 3.43. The van der Waals surface area contributed by atoms with Gasteiger partial charge in [-0.1, -0.05) is 36.4 Å². The van der Waals surface area contributed by atoms with Crippen LogP contribution in [0.2, 0.25) is 0 Å². The quantitative estimate of drug-likeness (QED) is 0.442. The Kier molecular flexibility index (Phi) is 6.31. The number of rotatable bonds is 7. The van der Waals surface area contributed by atoms with Gasteiger partial charge in [0, 0.05) is 12.7 Å². The topological polar surface area (TPSA) is 92.3 Å². The summed E-state index contributed by atoms with van der Waals surface area (Å²) in [5, 5.41) is 3.58. The number of benzene rings is 2. The van der Waals surface area contributed by atoms with E-state index in [2.05, 4.69) is 15.3 Å². The van der Waals surface area contributed by atoms with Crippen LogP contribution in [0.3, 0.4) is 0 Å². The molecule has 1 N–H and O–H groups in total. The van der Waals surface area contributed by atoms with E-state index in [9.17, 15) is 13.2 Å². The first kappa shape index (κ1) is 22.1. The summed E-state index contributed by atoms with van der Waals surface area (Å²) < 4.78 is 29.1. The zero-order valence-electron chi connectivity index (χ0n) is 17.6. The molecular formula is C23H22N4O3S2. The zero-order valence-corrected chi connectivity index (χ0v) is 19.3. The zero-order chi connectivity index (χ0) is 22.7. The molecule has 0 saturated heterocycles. The highest BCUT2D eigenvalue weighted by atomic mass is 32.2. The first-order valence-corrected chi connectivity index (χ1v) is 12.2. The van der Waals surface area contributed by atoms with Crippen molar-refractivity contribution in [3.63, 3.8) is 0 Å². The first-order valence-electron chi connectivity index (χ1n) is 9.96. The SMILES string of the molecule is Cc1nc2ccc(S(=O)(=O)N(CC(=O)Nc3ncccc3C)Cc3ccccc3)cc2s1. The number of fused-ring (bicyclic) bond motifs is 1. The van der Waals surface area contributed by atoms with Crippen LogP contribution < -0.4 is 5.32 Å². The summed E-state index contributed by atoms with van der Waals surface area (Å²) in [4.78, 5) is 21.5. The van der Waals surface area contributed by atoms with Gasteiger partial charge in [0.25, 0.3) is 0 Å². The average molecular weight is 467 g/mol. The first-order chi connectivity index (χ1) is 15.3. The molecule has 1 amide bonds. The van der Waals surface area contributed by atoms with Crippen molar-refractivity contribution < 1.29 is 13.2 Å². The lowest BCUT2D eigenvalue weighted by Gasteiger charge is -2.22. The number of carbonyl (C=O) groups excluding carboxylic acids is 1. The van der Waals surface area contributed by atoms with Crippen LogP contribution in [-0.2, 0) is 21.4 Å². The normalized spacial score (nSPS) is 11.7. The van der Waals surface area contributed by atoms with Gasteiger partial charge in [0.1, 0.15) is 5.82 Å². The van der Waals surface area contributed by atoms with Crippen molar-refractivity contribution in [1.82, 2.24) is 14.3 Å². The molecule has 0 spiro atoms. The highest BCUT2D eigenvalue weighted by Crippen LogP contribution is 2.27. The molecule has 0 bridgehead atoms. The number of aromatic nitrogens is 2. The molecule has 4 aromatic rings. The molecule has 0 fully saturated rings. The molecule has 0 aliphatic carbocycles. The second kappa shape index (κ2) is 9.15. The largest absolute Gasteiger partial charge is 0.309 e. The molecule has 0 atom stereocenters.